The second-order valence-corrected chi connectivity index (χ2v) is 10.2. The highest BCUT2D eigenvalue weighted by Gasteiger charge is 2.45. The molecule has 2 aromatic heterocycles. The Morgan fingerprint density at radius 3 is 3.03 bits per heavy atom. The van der Waals surface area contributed by atoms with Crippen LogP contribution in [0.4, 0.5) is 0 Å². The molecule has 2 aliphatic rings. The summed E-state index contributed by atoms with van der Waals surface area (Å²) in [6.07, 6.45) is 9.27. The van der Waals surface area contributed by atoms with E-state index in [1.54, 1.807) is 6.07 Å². The minimum atomic E-state index is -1.18. The lowest BCUT2D eigenvalue weighted by Gasteiger charge is -2.39. The smallest absolute Gasteiger partial charge is 0.280 e. The van der Waals surface area contributed by atoms with Crippen LogP contribution in [0.5, 0.6) is 0 Å². The van der Waals surface area contributed by atoms with Crippen molar-refractivity contribution in [2.24, 2.45) is 5.73 Å². The van der Waals surface area contributed by atoms with Crippen LogP contribution in [0.25, 0.3) is 10.9 Å². The van der Waals surface area contributed by atoms with Gasteiger partial charge in [-0.05, 0) is 44.2 Å². The molecule has 1 saturated carbocycles. The maximum atomic E-state index is 13.6. The summed E-state index contributed by atoms with van der Waals surface area (Å²) in [7, 11) is 2.07. The van der Waals surface area contributed by atoms with Crippen LogP contribution in [0.1, 0.15) is 62.1 Å². The summed E-state index contributed by atoms with van der Waals surface area (Å²) >= 11 is 1.43. The highest BCUT2D eigenvalue weighted by molar-refractivity contribution is 7.13. The fourth-order valence-electron chi connectivity index (χ4n) is 4.91. The van der Waals surface area contributed by atoms with Crippen LogP contribution in [-0.2, 0) is 13.0 Å². The summed E-state index contributed by atoms with van der Waals surface area (Å²) in [4.78, 5) is 37.8. The molecule has 1 aromatic carbocycles. The molecule has 0 bridgehead atoms. The number of amides is 1. The van der Waals surface area contributed by atoms with E-state index >= 15 is 0 Å². The molecule has 1 amide bonds. The maximum absolute atomic E-state index is 13.6. The molecule has 2 unspecified atom stereocenters. The van der Waals surface area contributed by atoms with Crippen LogP contribution in [0.15, 0.2) is 24.3 Å². The lowest BCUT2D eigenvalue weighted by atomic mass is 9.74. The number of thiazole rings is 1. The topological polar surface area (TPSA) is 104 Å². The number of nitrogens with two attached hydrogens (primary N) is 1. The molecular formula is C25H27N5O2S. The molecule has 33 heavy (non-hydrogen) atoms. The summed E-state index contributed by atoms with van der Waals surface area (Å²) in [5, 5.41) is 4.37. The predicted molar refractivity (Wildman–Crippen MR) is 129 cm³/mol. The molecule has 8 heteroatoms. The van der Waals surface area contributed by atoms with Gasteiger partial charge in [-0.15, -0.1) is 17.8 Å². The fraction of sp³-hybridized carbons (Fsp3) is 0.400. The highest BCUT2D eigenvalue weighted by Crippen LogP contribution is 2.32. The van der Waals surface area contributed by atoms with Gasteiger partial charge in [-0.25, -0.2) is 4.98 Å². The van der Waals surface area contributed by atoms with Crippen LogP contribution in [-0.4, -0.2) is 51.7 Å². The number of H-pyrrole nitrogens is 1. The van der Waals surface area contributed by atoms with Gasteiger partial charge in [-0.2, -0.15) is 0 Å². The van der Waals surface area contributed by atoms with Crippen molar-refractivity contribution in [2.75, 3.05) is 13.6 Å². The summed E-state index contributed by atoms with van der Waals surface area (Å²) in [6.45, 7) is 1.75. The van der Waals surface area contributed by atoms with Gasteiger partial charge in [0.15, 0.2) is 5.01 Å². The minimum Gasteiger partial charge on any atom is -0.352 e. The van der Waals surface area contributed by atoms with Crippen molar-refractivity contribution in [1.29, 1.82) is 0 Å². The molecule has 2 atom stereocenters. The Hall–Kier alpha value is -2.99. The molecular weight excluding hydrogens is 434 g/mol. The van der Waals surface area contributed by atoms with Gasteiger partial charge in [-0.1, -0.05) is 18.8 Å². The largest absolute Gasteiger partial charge is 0.352 e. The number of nitrogens with zero attached hydrogens (tertiary/aromatic N) is 2. The number of aromatic amines is 1. The number of aromatic nitrogens is 2. The van der Waals surface area contributed by atoms with Gasteiger partial charge in [0.05, 0.1) is 17.4 Å². The molecule has 0 saturated heterocycles. The summed E-state index contributed by atoms with van der Waals surface area (Å²) in [5.74, 6) is 2.18. The first-order valence-corrected chi connectivity index (χ1v) is 12.1. The second kappa shape index (κ2) is 8.41. The molecule has 0 radical (unpaired) electrons. The van der Waals surface area contributed by atoms with Crippen molar-refractivity contribution in [1.82, 2.24) is 20.2 Å². The maximum Gasteiger partial charge on any atom is 0.280 e. The number of hydrogen-bond acceptors (Lipinski definition) is 6. The molecule has 1 aliphatic heterocycles. The van der Waals surface area contributed by atoms with Gasteiger partial charge in [0.1, 0.15) is 5.54 Å². The molecule has 5 rings (SSSR count). The number of terminal acetylenes is 1. The minimum absolute atomic E-state index is 0.189. The fourth-order valence-corrected chi connectivity index (χ4v) is 6.00. The van der Waals surface area contributed by atoms with Crippen molar-refractivity contribution in [3.05, 3.63) is 51.1 Å². The molecule has 170 valence electrons. The Morgan fingerprint density at radius 1 is 1.36 bits per heavy atom. The van der Waals surface area contributed by atoms with E-state index in [-0.39, 0.29) is 11.7 Å². The van der Waals surface area contributed by atoms with Crippen LogP contribution in [0.3, 0.4) is 0 Å². The van der Waals surface area contributed by atoms with Crippen molar-refractivity contribution in [2.45, 2.75) is 50.2 Å². The van der Waals surface area contributed by atoms with E-state index in [2.05, 4.69) is 33.2 Å². The van der Waals surface area contributed by atoms with E-state index in [0.717, 1.165) is 59.4 Å². The normalized spacial score (nSPS) is 23.1. The van der Waals surface area contributed by atoms with Crippen LogP contribution in [0, 0.1) is 12.3 Å². The second-order valence-electron chi connectivity index (χ2n) is 9.15. The zero-order valence-electron chi connectivity index (χ0n) is 18.6. The lowest BCUT2D eigenvalue weighted by Crippen LogP contribution is -2.64. The van der Waals surface area contributed by atoms with E-state index < -0.39 is 11.6 Å². The first-order chi connectivity index (χ1) is 15.9. The first kappa shape index (κ1) is 21.8. The Labute approximate surface area is 196 Å². The van der Waals surface area contributed by atoms with E-state index in [9.17, 15) is 9.59 Å². The van der Waals surface area contributed by atoms with E-state index in [4.69, 9.17) is 12.2 Å². The van der Waals surface area contributed by atoms with Crippen molar-refractivity contribution < 1.29 is 9.59 Å². The summed E-state index contributed by atoms with van der Waals surface area (Å²) in [6, 6.07) is 6.91. The number of nitrogens with one attached hydrogen (secondary N) is 2. The van der Waals surface area contributed by atoms with Crippen LogP contribution >= 0.6 is 11.3 Å². The van der Waals surface area contributed by atoms with Crippen LogP contribution in [0.2, 0.25) is 0 Å². The number of fused-ring (bicyclic) bond motifs is 2. The van der Waals surface area contributed by atoms with Gasteiger partial charge < -0.3 is 20.9 Å². The molecule has 0 spiro atoms. The van der Waals surface area contributed by atoms with Crippen molar-refractivity contribution in [3.63, 3.8) is 0 Å². The number of carbonyl (C=O) groups excluding carboxylic acids is 2. The Balaban J connectivity index is 1.39. The third-order valence-electron chi connectivity index (χ3n) is 6.83. The van der Waals surface area contributed by atoms with Gasteiger partial charge in [-0.3, -0.25) is 9.59 Å². The van der Waals surface area contributed by atoms with Gasteiger partial charge in [0.25, 0.3) is 5.91 Å². The highest BCUT2D eigenvalue weighted by atomic mass is 32.1. The standard InChI is InChI=1S/C25H27N5O2S/c1-3-15-7-8-17-16(12-15)13-19(27-17)22(31)25(26)10-5-4-6-21(25)29-23(32)24-28-18-9-11-30(2)14-20(18)33-24/h1,7-8,12-13,21,27H,4-6,9-11,14,26H2,2H3,(H,29,32). The molecule has 4 N–H and O–H groups in total. The summed E-state index contributed by atoms with van der Waals surface area (Å²) in [5.41, 5.74) is 8.61. The Morgan fingerprint density at radius 2 is 2.21 bits per heavy atom. The third kappa shape index (κ3) is 3.97. The lowest BCUT2D eigenvalue weighted by molar-refractivity contribution is 0.0755. The van der Waals surface area contributed by atoms with Gasteiger partial charge >= 0.3 is 0 Å². The Bertz CT molecular complexity index is 1290. The number of hydrogen-bond donors (Lipinski definition) is 3. The van der Waals surface area contributed by atoms with E-state index in [1.165, 1.54) is 11.3 Å². The molecule has 3 aromatic rings. The van der Waals surface area contributed by atoms with Crippen molar-refractivity contribution in [3.8, 4) is 12.3 Å². The number of ketones is 1. The number of rotatable bonds is 4. The predicted octanol–water partition coefficient (Wildman–Crippen LogP) is 2.85. The van der Waals surface area contributed by atoms with Gasteiger partial charge in [0, 0.05) is 40.9 Å². The van der Waals surface area contributed by atoms with E-state index in [1.807, 2.05) is 18.2 Å². The zero-order valence-corrected chi connectivity index (χ0v) is 19.4. The molecule has 1 aliphatic carbocycles. The zero-order chi connectivity index (χ0) is 23.2. The molecule has 1 fully saturated rings. The quantitative estimate of drug-likeness (QED) is 0.409. The SMILES string of the molecule is C#Cc1ccc2[nH]c(C(=O)C3(N)CCCCC3NC(=O)c3nc4c(s3)CN(C)CC4)cc2c1. The number of benzene rings is 1. The van der Waals surface area contributed by atoms with Crippen LogP contribution < -0.4 is 11.1 Å². The summed E-state index contributed by atoms with van der Waals surface area (Å²) < 4.78 is 0. The first-order valence-electron chi connectivity index (χ1n) is 11.3. The molecule has 3 heterocycles. The van der Waals surface area contributed by atoms with Crippen molar-refractivity contribution >= 4 is 33.9 Å². The third-order valence-corrected chi connectivity index (χ3v) is 7.91. The number of carbonyl (C=O) groups is 2. The Kier molecular flexibility index (Phi) is 5.57. The average molecular weight is 462 g/mol. The van der Waals surface area contributed by atoms with E-state index in [0.29, 0.717) is 23.5 Å². The number of likely N-dealkylation sites (N-methyl/N-ethyl adjacent to an activating group) is 1. The average Bonchev–Trinajstić information content (AvgIpc) is 3.43. The van der Waals surface area contributed by atoms with Gasteiger partial charge in [0.2, 0.25) is 5.78 Å². The number of Topliss-reactive ketones (excluding diaryl/α,β-unsaturated/α-hetero) is 1. The molecule has 7 nitrogen and oxygen atoms in total. The monoisotopic (exact) mass is 461 g/mol.